The van der Waals surface area contributed by atoms with Gasteiger partial charge in [-0.15, -0.1) is 0 Å². The van der Waals surface area contributed by atoms with Crippen LogP contribution in [0.2, 0.25) is 0 Å². The van der Waals surface area contributed by atoms with E-state index in [0.29, 0.717) is 12.4 Å². The van der Waals surface area contributed by atoms with Crippen molar-refractivity contribution < 1.29 is 13.6 Å². The smallest absolute Gasteiger partial charge is 0.267 e. The number of nitrogens with zero attached hydrogens (tertiary/aromatic N) is 2. The molecule has 1 aromatic heterocycles. The van der Waals surface area contributed by atoms with Crippen LogP contribution in [0.5, 0.6) is 0 Å². The lowest BCUT2D eigenvalue weighted by Crippen LogP contribution is -2.37. The minimum atomic E-state index is -2.99. The summed E-state index contributed by atoms with van der Waals surface area (Å²) in [4.78, 5) is 12.9. The van der Waals surface area contributed by atoms with E-state index in [2.05, 4.69) is 22.7 Å². The Morgan fingerprint density at radius 3 is 2.44 bits per heavy atom. The third-order valence-corrected chi connectivity index (χ3v) is 6.05. The van der Waals surface area contributed by atoms with Gasteiger partial charge in [0.05, 0.1) is 12.2 Å². The first-order valence-corrected chi connectivity index (χ1v) is 10.9. The van der Waals surface area contributed by atoms with Crippen LogP contribution in [0.3, 0.4) is 0 Å². The second-order valence-corrected chi connectivity index (χ2v) is 8.52. The Kier molecular flexibility index (Phi) is 6.00. The summed E-state index contributed by atoms with van der Waals surface area (Å²) in [5.41, 5.74) is 4.46. The van der Waals surface area contributed by atoms with Crippen molar-refractivity contribution in [1.29, 1.82) is 0 Å². The summed E-state index contributed by atoms with van der Waals surface area (Å²) in [6.07, 6.45) is 2.45. The van der Waals surface area contributed by atoms with Crippen LogP contribution >= 0.6 is 0 Å². The maximum atomic E-state index is 14.5. The van der Waals surface area contributed by atoms with E-state index in [1.807, 2.05) is 55.5 Å². The van der Waals surface area contributed by atoms with Gasteiger partial charge in [-0.2, -0.15) is 5.10 Å². The maximum Gasteiger partial charge on any atom is 0.267 e. The number of halogens is 2. The van der Waals surface area contributed by atoms with E-state index in [9.17, 15) is 13.6 Å². The average molecular weight is 439 g/mol. The fraction of sp³-hybridized carbons (Fsp3) is 0.360. The number of carbonyl (C=O) groups is 1. The van der Waals surface area contributed by atoms with Gasteiger partial charge in [0, 0.05) is 19.9 Å². The highest BCUT2D eigenvalue weighted by Crippen LogP contribution is 2.43. The first-order valence-electron chi connectivity index (χ1n) is 10.9. The number of aromatic nitrogens is 2. The topological polar surface area (TPSA) is 59.0 Å². The number of rotatable bonds is 6. The normalized spacial score (nSPS) is 18.0. The Balaban J connectivity index is 1.60. The van der Waals surface area contributed by atoms with Crippen LogP contribution in [0.25, 0.3) is 0 Å². The van der Waals surface area contributed by atoms with Gasteiger partial charge in [0.1, 0.15) is 17.4 Å². The van der Waals surface area contributed by atoms with Crippen molar-refractivity contribution in [2.45, 2.75) is 58.2 Å². The van der Waals surface area contributed by atoms with Crippen molar-refractivity contribution >= 4 is 11.7 Å². The summed E-state index contributed by atoms with van der Waals surface area (Å²) in [5, 5.41) is 10.3. The Morgan fingerprint density at radius 1 is 1.16 bits per heavy atom. The molecule has 0 aliphatic carbocycles. The molecule has 2 aromatic carbocycles. The third-order valence-electron chi connectivity index (χ3n) is 6.05. The number of aryl methyl sites for hydroxylation is 2. The van der Waals surface area contributed by atoms with Crippen LogP contribution in [-0.2, 0) is 13.0 Å². The quantitative estimate of drug-likeness (QED) is 0.539. The van der Waals surface area contributed by atoms with Crippen LogP contribution in [0, 0.1) is 6.92 Å². The fourth-order valence-electron chi connectivity index (χ4n) is 4.07. The molecule has 2 heterocycles. The summed E-state index contributed by atoms with van der Waals surface area (Å²) in [6, 6.07) is 14.3. The second-order valence-electron chi connectivity index (χ2n) is 8.52. The number of hydrogen-bond acceptors (Lipinski definition) is 3. The monoisotopic (exact) mass is 438 g/mol. The lowest BCUT2D eigenvalue weighted by Gasteiger charge is -2.35. The molecule has 32 heavy (non-hydrogen) atoms. The molecule has 0 spiro atoms. The highest BCUT2D eigenvalue weighted by molar-refractivity contribution is 5.98. The summed E-state index contributed by atoms with van der Waals surface area (Å²) in [7, 11) is 0. The van der Waals surface area contributed by atoms with E-state index in [1.54, 1.807) is 0 Å². The van der Waals surface area contributed by atoms with Gasteiger partial charge >= 0.3 is 0 Å². The predicted octanol–water partition coefficient (Wildman–Crippen LogP) is 5.44. The minimum Gasteiger partial charge on any atom is -0.363 e. The molecule has 0 saturated heterocycles. The molecule has 0 saturated carbocycles. The summed E-state index contributed by atoms with van der Waals surface area (Å²) in [5.74, 6) is -3.01. The Bertz CT molecular complexity index is 1080. The molecule has 1 amide bonds. The number of hydrogen-bond donors (Lipinski definition) is 2. The molecule has 1 aliphatic heterocycles. The Morgan fingerprint density at radius 2 is 1.81 bits per heavy atom. The minimum absolute atomic E-state index is 0.175. The molecule has 1 aliphatic rings. The molecule has 168 valence electrons. The van der Waals surface area contributed by atoms with Crippen LogP contribution in [-0.4, -0.2) is 21.6 Å². The number of carbonyl (C=O) groups excluding carboxylic acids is 1. The van der Waals surface area contributed by atoms with Crippen LogP contribution in [0.4, 0.5) is 14.6 Å². The van der Waals surface area contributed by atoms with Crippen molar-refractivity contribution in [2.75, 3.05) is 5.32 Å². The van der Waals surface area contributed by atoms with Gasteiger partial charge in [0.15, 0.2) is 0 Å². The molecule has 0 fully saturated rings. The van der Waals surface area contributed by atoms with Crippen molar-refractivity contribution in [3.63, 3.8) is 0 Å². The molecule has 3 aromatic rings. The molecule has 7 heteroatoms. The molecule has 0 bridgehead atoms. The molecular weight excluding hydrogens is 410 g/mol. The predicted molar refractivity (Wildman–Crippen MR) is 121 cm³/mol. The summed E-state index contributed by atoms with van der Waals surface area (Å²) < 4.78 is 30.3. The van der Waals surface area contributed by atoms with E-state index in [4.69, 9.17) is 0 Å². The first-order chi connectivity index (χ1) is 15.3. The van der Waals surface area contributed by atoms with Crippen molar-refractivity contribution in [1.82, 2.24) is 15.1 Å². The van der Waals surface area contributed by atoms with Gasteiger partial charge in [-0.25, -0.2) is 13.5 Å². The molecule has 5 nitrogen and oxygen atoms in total. The number of amides is 1. The van der Waals surface area contributed by atoms with Gasteiger partial charge in [0.25, 0.3) is 11.8 Å². The van der Waals surface area contributed by atoms with Crippen LogP contribution < -0.4 is 10.6 Å². The highest BCUT2D eigenvalue weighted by Gasteiger charge is 2.43. The lowest BCUT2D eigenvalue weighted by molar-refractivity contribution is -0.0437. The summed E-state index contributed by atoms with van der Waals surface area (Å²) in [6.45, 7) is 5.32. The third kappa shape index (κ3) is 4.52. The number of fused-ring (bicyclic) bond motifs is 1. The van der Waals surface area contributed by atoms with Crippen LogP contribution in [0.15, 0.2) is 54.7 Å². The van der Waals surface area contributed by atoms with Gasteiger partial charge in [0.2, 0.25) is 0 Å². The van der Waals surface area contributed by atoms with Crippen molar-refractivity contribution in [2.24, 2.45) is 0 Å². The van der Waals surface area contributed by atoms with Crippen LogP contribution in [0.1, 0.15) is 65.0 Å². The molecule has 2 N–H and O–H groups in total. The zero-order valence-electron chi connectivity index (χ0n) is 18.5. The van der Waals surface area contributed by atoms with Gasteiger partial charge < -0.3 is 10.6 Å². The number of alkyl halides is 2. The zero-order valence-corrected chi connectivity index (χ0v) is 18.5. The van der Waals surface area contributed by atoms with E-state index in [-0.39, 0.29) is 23.9 Å². The SMILES string of the molecule is CCc1ccc([C@H]2C[C@@H](C(C)(F)F)n3ncc(C(=O)NCc4ccc(C)cc4)c3N2)cc1. The standard InChI is InChI=1S/C25H28F2N4O/c1-4-17-9-11-19(12-10-17)21-13-22(25(3,26)27)31-23(30-21)20(15-29-31)24(32)28-14-18-7-5-16(2)6-8-18/h5-12,15,21-22,30H,4,13-14H2,1-3H3,(H,28,32)/t21-,22+/m1/s1. The van der Waals surface area contributed by atoms with Crippen molar-refractivity contribution in [3.8, 4) is 0 Å². The number of benzene rings is 2. The average Bonchev–Trinajstić information content (AvgIpc) is 3.21. The number of anilines is 1. The number of nitrogens with one attached hydrogen (secondary N) is 2. The highest BCUT2D eigenvalue weighted by atomic mass is 19.3. The van der Waals surface area contributed by atoms with E-state index in [1.165, 1.54) is 16.4 Å². The lowest BCUT2D eigenvalue weighted by atomic mass is 9.93. The molecule has 0 radical (unpaired) electrons. The second kappa shape index (κ2) is 8.73. The van der Waals surface area contributed by atoms with E-state index < -0.39 is 12.0 Å². The van der Waals surface area contributed by atoms with Gasteiger partial charge in [-0.1, -0.05) is 61.0 Å². The maximum absolute atomic E-state index is 14.5. The van der Waals surface area contributed by atoms with Gasteiger partial charge in [-0.05, 0) is 30.0 Å². The Hall–Kier alpha value is -3.22. The largest absolute Gasteiger partial charge is 0.363 e. The van der Waals surface area contributed by atoms with E-state index in [0.717, 1.165) is 30.0 Å². The molecule has 2 atom stereocenters. The fourth-order valence-corrected chi connectivity index (χ4v) is 4.07. The van der Waals surface area contributed by atoms with E-state index >= 15 is 0 Å². The van der Waals surface area contributed by atoms with Gasteiger partial charge in [-0.3, -0.25) is 4.79 Å². The molecular formula is C25H28F2N4O. The molecule has 0 unspecified atom stereocenters. The zero-order chi connectivity index (χ0) is 22.9. The molecule has 4 rings (SSSR count). The first kappa shape index (κ1) is 22.0. The summed E-state index contributed by atoms with van der Waals surface area (Å²) >= 11 is 0. The Labute approximate surface area is 186 Å². The van der Waals surface area contributed by atoms with Crippen molar-refractivity contribution in [3.05, 3.63) is 82.5 Å².